The number of carbonyl (C=O) groups is 1. The Morgan fingerprint density at radius 1 is 1.29 bits per heavy atom. The maximum Gasteiger partial charge on any atom is 0.352 e. The molecule has 2 atom stereocenters. The van der Waals surface area contributed by atoms with E-state index in [9.17, 15) is 9.90 Å². The van der Waals surface area contributed by atoms with E-state index >= 15 is 0 Å². The second-order valence-electron chi connectivity index (χ2n) is 8.07. The molecule has 1 N–H and O–H groups in total. The summed E-state index contributed by atoms with van der Waals surface area (Å²) < 4.78 is 19.2. The molecule has 4 rings (SSSR count). The van der Waals surface area contributed by atoms with E-state index < -0.39 is 5.97 Å². The zero-order valence-corrected chi connectivity index (χ0v) is 17.9. The second-order valence-corrected chi connectivity index (χ2v) is 8.07. The number of methoxy groups -OCH3 is 1. The van der Waals surface area contributed by atoms with E-state index in [0.717, 1.165) is 48.5 Å². The molecule has 2 unspecified atom stereocenters. The molecule has 31 heavy (non-hydrogen) atoms. The van der Waals surface area contributed by atoms with Gasteiger partial charge in [-0.3, -0.25) is 0 Å². The number of nitrogens with zero attached hydrogens (tertiary/aromatic N) is 2. The number of ether oxygens (including phenoxy) is 2. The van der Waals surface area contributed by atoms with Crippen LogP contribution in [0.15, 0.2) is 47.0 Å². The standard InChI is InChI=1S/C24H28N2O5/c1-16-21(25-23(31-16)18-7-4-8-19(13-18)29-2)15-30-20-9-3-6-17(12-20)14-26-11-5-10-22(26)24(27)28/h4-5,7-8,10-11,13,17,20H,3,6,9,12,14-15H2,1-2H3,(H,27,28). The van der Waals surface area contributed by atoms with Gasteiger partial charge in [0.1, 0.15) is 22.9 Å². The Morgan fingerprint density at radius 3 is 2.97 bits per heavy atom. The molecule has 2 aromatic heterocycles. The summed E-state index contributed by atoms with van der Waals surface area (Å²) in [6.07, 6.45) is 6.06. The SMILES string of the molecule is COc1cccc(-c2nc(COC3CCCC(Cn4cccc4C(=O)O)C3)c(C)o2)c1. The summed E-state index contributed by atoms with van der Waals surface area (Å²) in [6.45, 7) is 3.01. The van der Waals surface area contributed by atoms with Crippen molar-refractivity contribution in [2.24, 2.45) is 5.92 Å². The molecule has 1 aliphatic carbocycles. The highest BCUT2D eigenvalue weighted by Gasteiger charge is 2.25. The van der Waals surface area contributed by atoms with Gasteiger partial charge in [0.25, 0.3) is 0 Å². The maximum atomic E-state index is 11.4. The fourth-order valence-corrected chi connectivity index (χ4v) is 4.24. The van der Waals surface area contributed by atoms with Crippen molar-refractivity contribution in [2.45, 2.75) is 51.9 Å². The molecule has 0 spiro atoms. The summed E-state index contributed by atoms with van der Waals surface area (Å²) in [5, 5.41) is 9.32. The zero-order chi connectivity index (χ0) is 21.8. The minimum Gasteiger partial charge on any atom is -0.497 e. The Bertz CT molecular complexity index is 1040. The molecule has 0 saturated heterocycles. The average molecular weight is 424 g/mol. The zero-order valence-electron chi connectivity index (χ0n) is 17.9. The Morgan fingerprint density at radius 2 is 2.16 bits per heavy atom. The molecule has 1 fully saturated rings. The summed E-state index contributed by atoms with van der Waals surface area (Å²) in [4.78, 5) is 16.0. The molecule has 1 aliphatic rings. The number of hydrogen-bond donors (Lipinski definition) is 1. The smallest absolute Gasteiger partial charge is 0.352 e. The molecular weight excluding hydrogens is 396 g/mol. The van der Waals surface area contributed by atoms with Crippen LogP contribution in [-0.4, -0.2) is 33.8 Å². The van der Waals surface area contributed by atoms with Crippen molar-refractivity contribution in [2.75, 3.05) is 7.11 Å². The van der Waals surface area contributed by atoms with Crippen LogP contribution in [0.25, 0.3) is 11.5 Å². The Hall–Kier alpha value is -3.06. The van der Waals surface area contributed by atoms with E-state index in [2.05, 4.69) is 4.98 Å². The molecule has 0 radical (unpaired) electrons. The predicted octanol–water partition coefficient (Wildman–Crippen LogP) is 4.93. The fourth-order valence-electron chi connectivity index (χ4n) is 4.24. The third-order valence-electron chi connectivity index (χ3n) is 5.90. The van der Waals surface area contributed by atoms with Gasteiger partial charge in [0, 0.05) is 18.3 Å². The number of oxazole rings is 1. The maximum absolute atomic E-state index is 11.4. The van der Waals surface area contributed by atoms with Crippen molar-refractivity contribution in [3.05, 3.63) is 59.7 Å². The van der Waals surface area contributed by atoms with Gasteiger partial charge in [0.2, 0.25) is 5.89 Å². The number of aromatic carboxylic acids is 1. The predicted molar refractivity (Wildman–Crippen MR) is 115 cm³/mol. The number of benzene rings is 1. The lowest BCUT2D eigenvalue weighted by atomic mass is 9.87. The third kappa shape index (κ3) is 4.99. The topological polar surface area (TPSA) is 86.7 Å². The summed E-state index contributed by atoms with van der Waals surface area (Å²) in [5.41, 5.74) is 2.01. The van der Waals surface area contributed by atoms with Gasteiger partial charge in [-0.1, -0.05) is 12.5 Å². The number of rotatable bonds is 8. The van der Waals surface area contributed by atoms with Gasteiger partial charge in [0.05, 0.1) is 19.8 Å². The van der Waals surface area contributed by atoms with Gasteiger partial charge in [-0.05, 0) is 62.4 Å². The van der Waals surface area contributed by atoms with Gasteiger partial charge >= 0.3 is 5.97 Å². The number of aryl methyl sites for hydroxylation is 1. The molecule has 164 valence electrons. The lowest BCUT2D eigenvalue weighted by Gasteiger charge is -2.29. The number of aromatic nitrogens is 2. The molecule has 7 heteroatoms. The van der Waals surface area contributed by atoms with Crippen molar-refractivity contribution in [3.63, 3.8) is 0 Å². The largest absolute Gasteiger partial charge is 0.497 e. The first-order valence-electron chi connectivity index (χ1n) is 10.6. The van der Waals surface area contributed by atoms with Crippen LogP contribution >= 0.6 is 0 Å². The first-order valence-corrected chi connectivity index (χ1v) is 10.6. The fraction of sp³-hybridized carbons (Fsp3) is 0.417. The highest BCUT2D eigenvalue weighted by Crippen LogP contribution is 2.30. The summed E-state index contributed by atoms with van der Waals surface area (Å²) in [6, 6.07) is 11.1. The molecule has 1 saturated carbocycles. The summed E-state index contributed by atoms with van der Waals surface area (Å²) in [7, 11) is 1.63. The number of hydrogen-bond acceptors (Lipinski definition) is 5. The number of carboxylic acid groups (broad SMARTS) is 1. The summed E-state index contributed by atoms with van der Waals surface area (Å²) in [5.74, 6) is 1.58. The van der Waals surface area contributed by atoms with E-state index in [-0.39, 0.29) is 6.10 Å². The second kappa shape index (κ2) is 9.39. The Balaban J connectivity index is 1.36. The van der Waals surface area contributed by atoms with Crippen molar-refractivity contribution < 1.29 is 23.8 Å². The van der Waals surface area contributed by atoms with Crippen LogP contribution in [0.3, 0.4) is 0 Å². The molecular formula is C24H28N2O5. The normalized spacial score (nSPS) is 18.8. The first kappa shape index (κ1) is 21.2. The minimum absolute atomic E-state index is 0.138. The van der Waals surface area contributed by atoms with Crippen LogP contribution < -0.4 is 4.74 Å². The van der Waals surface area contributed by atoms with Gasteiger partial charge in [-0.25, -0.2) is 9.78 Å². The monoisotopic (exact) mass is 424 g/mol. The molecule has 7 nitrogen and oxygen atoms in total. The van der Waals surface area contributed by atoms with E-state index in [1.807, 2.05) is 42.0 Å². The van der Waals surface area contributed by atoms with Crippen LogP contribution in [0.4, 0.5) is 0 Å². The van der Waals surface area contributed by atoms with Crippen molar-refractivity contribution in [1.29, 1.82) is 0 Å². The van der Waals surface area contributed by atoms with Crippen molar-refractivity contribution in [3.8, 4) is 17.2 Å². The van der Waals surface area contributed by atoms with Crippen LogP contribution in [-0.2, 0) is 17.9 Å². The Kier molecular flexibility index (Phi) is 6.42. The van der Waals surface area contributed by atoms with E-state index in [4.69, 9.17) is 13.9 Å². The summed E-state index contributed by atoms with van der Waals surface area (Å²) >= 11 is 0. The van der Waals surface area contributed by atoms with Gasteiger partial charge in [-0.2, -0.15) is 0 Å². The first-order chi connectivity index (χ1) is 15.0. The van der Waals surface area contributed by atoms with Crippen LogP contribution in [0.1, 0.15) is 47.6 Å². The van der Waals surface area contributed by atoms with Gasteiger partial charge in [-0.15, -0.1) is 0 Å². The molecule has 0 aliphatic heterocycles. The number of carboxylic acids is 1. The lowest BCUT2D eigenvalue weighted by Crippen LogP contribution is -2.26. The van der Waals surface area contributed by atoms with Crippen LogP contribution in [0, 0.1) is 12.8 Å². The van der Waals surface area contributed by atoms with Gasteiger partial charge < -0.3 is 23.6 Å². The highest BCUT2D eigenvalue weighted by molar-refractivity contribution is 5.85. The highest BCUT2D eigenvalue weighted by atomic mass is 16.5. The Labute approximate surface area is 181 Å². The average Bonchev–Trinajstić information content (AvgIpc) is 3.39. The molecule has 2 heterocycles. The van der Waals surface area contributed by atoms with E-state index in [1.165, 1.54) is 0 Å². The molecule has 0 bridgehead atoms. The minimum atomic E-state index is -0.887. The third-order valence-corrected chi connectivity index (χ3v) is 5.90. The van der Waals surface area contributed by atoms with E-state index in [1.54, 1.807) is 19.2 Å². The van der Waals surface area contributed by atoms with Crippen molar-refractivity contribution >= 4 is 5.97 Å². The van der Waals surface area contributed by atoms with Gasteiger partial charge in [0.15, 0.2) is 0 Å². The molecule has 3 aromatic rings. The van der Waals surface area contributed by atoms with E-state index in [0.29, 0.717) is 30.7 Å². The van der Waals surface area contributed by atoms with Crippen molar-refractivity contribution in [1.82, 2.24) is 9.55 Å². The molecule has 1 aromatic carbocycles. The van der Waals surface area contributed by atoms with Crippen LogP contribution in [0.2, 0.25) is 0 Å². The molecule has 0 amide bonds. The van der Waals surface area contributed by atoms with Crippen LogP contribution in [0.5, 0.6) is 5.75 Å². The lowest BCUT2D eigenvalue weighted by molar-refractivity contribution is -0.00180. The quantitative estimate of drug-likeness (QED) is 0.551.